The Morgan fingerprint density at radius 2 is 1.06 bits per heavy atom. The fourth-order valence-corrected chi connectivity index (χ4v) is 1.39. The van der Waals surface area contributed by atoms with Gasteiger partial charge in [-0.1, -0.05) is 17.4 Å². The molecule has 7 heteroatoms. The molecule has 0 N–H and O–H groups in total. The van der Waals surface area contributed by atoms with Gasteiger partial charge in [-0.15, -0.1) is 0 Å². The summed E-state index contributed by atoms with van der Waals surface area (Å²) in [5.74, 6) is -0.942. The second-order valence-electron chi connectivity index (χ2n) is 2.59. The Bertz CT molecular complexity index is 533. The zero-order chi connectivity index (χ0) is 12.3. The zero-order valence-electron chi connectivity index (χ0n) is 8.58. The predicted molar refractivity (Wildman–Crippen MR) is 49.8 cm³/mol. The standard InChI is InChI=1S/C10HClN4O.Na/c11-9-5(1-12)7(3-14)10(16)8(4-15)6(9)2-13;/h16H;/q;+1/p-1. The number of nitriles is 4. The van der Waals surface area contributed by atoms with Crippen molar-refractivity contribution in [3.05, 3.63) is 27.3 Å². The van der Waals surface area contributed by atoms with Gasteiger partial charge in [0.05, 0.1) is 39.4 Å². The molecule has 17 heavy (non-hydrogen) atoms. The summed E-state index contributed by atoms with van der Waals surface area (Å²) in [6.45, 7) is 0. The minimum absolute atomic E-state index is 0. The second kappa shape index (κ2) is 6.12. The first-order valence-corrected chi connectivity index (χ1v) is 4.17. The van der Waals surface area contributed by atoms with Gasteiger partial charge in [-0.05, 0) is 0 Å². The van der Waals surface area contributed by atoms with Gasteiger partial charge in [0.15, 0.2) is 0 Å². The fraction of sp³-hybridized carbons (Fsp3) is 0. The average molecular weight is 251 g/mol. The van der Waals surface area contributed by atoms with Gasteiger partial charge in [0.1, 0.15) is 12.1 Å². The van der Waals surface area contributed by atoms with Crippen LogP contribution in [0.3, 0.4) is 0 Å². The van der Waals surface area contributed by atoms with Gasteiger partial charge in [0, 0.05) is 0 Å². The van der Waals surface area contributed by atoms with Crippen molar-refractivity contribution in [3.63, 3.8) is 0 Å². The first-order chi connectivity index (χ1) is 7.62. The molecule has 0 aromatic heterocycles. The van der Waals surface area contributed by atoms with Crippen LogP contribution in [0, 0.1) is 45.3 Å². The molecule has 1 aromatic carbocycles. The topological polar surface area (TPSA) is 118 Å². The molecule has 0 aliphatic carbocycles. The Kier molecular flexibility index (Phi) is 5.49. The molecule has 0 saturated heterocycles. The second-order valence-corrected chi connectivity index (χ2v) is 2.97. The number of hydrogen-bond acceptors (Lipinski definition) is 5. The number of halogens is 1. The normalized spacial score (nSPS) is 7.82. The van der Waals surface area contributed by atoms with E-state index in [-0.39, 0.29) is 45.7 Å². The number of nitrogens with zero attached hydrogens (tertiary/aromatic N) is 4. The Morgan fingerprint density at radius 3 is 1.29 bits per heavy atom. The molecule has 74 valence electrons. The van der Waals surface area contributed by atoms with Crippen molar-refractivity contribution in [2.45, 2.75) is 0 Å². The van der Waals surface area contributed by atoms with E-state index < -0.39 is 16.9 Å². The smallest absolute Gasteiger partial charge is 0.871 e. The van der Waals surface area contributed by atoms with Crippen molar-refractivity contribution in [1.29, 1.82) is 21.0 Å². The van der Waals surface area contributed by atoms with Crippen molar-refractivity contribution in [2.75, 3.05) is 0 Å². The molecular weight excluding hydrogens is 251 g/mol. The Hall–Kier alpha value is -1.73. The number of hydrogen-bond donors (Lipinski definition) is 0. The molecular formula is C10ClN4NaO. The minimum atomic E-state index is -0.942. The monoisotopic (exact) mass is 250 g/mol. The van der Waals surface area contributed by atoms with E-state index in [0.29, 0.717) is 0 Å². The van der Waals surface area contributed by atoms with Crippen LogP contribution >= 0.6 is 11.6 Å². The predicted octanol–water partition coefficient (Wildman–Crippen LogP) is -2.10. The van der Waals surface area contributed by atoms with E-state index in [1.54, 1.807) is 12.1 Å². The Morgan fingerprint density at radius 1 is 0.765 bits per heavy atom. The quantitative estimate of drug-likeness (QED) is 0.489. The van der Waals surface area contributed by atoms with E-state index in [4.69, 9.17) is 32.6 Å². The summed E-state index contributed by atoms with van der Waals surface area (Å²) in [6, 6.07) is 6.14. The Balaban J connectivity index is 0.00000256. The van der Waals surface area contributed by atoms with Gasteiger partial charge >= 0.3 is 29.6 Å². The van der Waals surface area contributed by atoms with Gasteiger partial charge in [-0.3, -0.25) is 0 Å². The summed E-state index contributed by atoms with van der Waals surface area (Å²) in [5, 5.41) is 46.0. The minimum Gasteiger partial charge on any atom is -0.871 e. The number of rotatable bonds is 0. The van der Waals surface area contributed by atoms with Gasteiger partial charge < -0.3 is 5.11 Å². The summed E-state index contributed by atoms with van der Waals surface area (Å²) < 4.78 is 0. The third kappa shape index (κ3) is 2.34. The summed E-state index contributed by atoms with van der Waals surface area (Å²) >= 11 is 5.66. The molecule has 0 spiro atoms. The molecule has 0 radical (unpaired) electrons. The third-order valence-electron chi connectivity index (χ3n) is 1.84. The number of benzene rings is 1. The van der Waals surface area contributed by atoms with Crippen LogP contribution in [0.15, 0.2) is 0 Å². The molecule has 1 aromatic rings. The maximum Gasteiger partial charge on any atom is 1.00 e. The van der Waals surface area contributed by atoms with Crippen molar-refractivity contribution < 1.29 is 34.7 Å². The van der Waals surface area contributed by atoms with Crippen LogP contribution in [0.2, 0.25) is 5.02 Å². The molecule has 0 unspecified atom stereocenters. The van der Waals surface area contributed by atoms with Crippen molar-refractivity contribution >= 4 is 11.6 Å². The van der Waals surface area contributed by atoms with Crippen LogP contribution in [0.5, 0.6) is 5.75 Å². The largest absolute Gasteiger partial charge is 1.00 e. The van der Waals surface area contributed by atoms with E-state index in [1.807, 2.05) is 0 Å². The van der Waals surface area contributed by atoms with E-state index in [2.05, 4.69) is 0 Å². The molecule has 0 saturated carbocycles. The molecule has 0 fully saturated rings. The summed E-state index contributed by atoms with van der Waals surface area (Å²) in [6.07, 6.45) is 0. The maximum atomic E-state index is 11.5. The zero-order valence-corrected chi connectivity index (χ0v) is 11.3. The van der Waals surface area contributed by atoms with E-state index >= 15 is 0 Å². The van der Waals surface area contributed by atoms with Gasteiger partial charge in [-0.2, -0.15) is 21.0 Å². The molecule has 0 aliphatic heterocycles. The van der Waals surface area contributed by atoms with Crippen LogP contribution in [-0.2, 0) is 0 Å². The van der Waals surface area contributed by atoms with Crippen LogP contribution in [-0.4, -0.2) is 0 Å². The summed E-state index contributed by atoms with van der Waals surface area (Å²) in [4.78, 5) is 0. The van der Waals surface area contributed by atoms with E-state index in [1.165, 1.54) is 12.1 Å². The van der Waals surface area contributed by atoms with E-state index in [9.17, 15) is 5.11 Å². The summed E-state index contributed by atoms with van der Waals surface area (Å²) in [7, 11) is 0. The first-order valence-electron chi connectivity index (χ1n) is 3.79. The van der Waals surface area contributed by atoms with Gasteiger partial charge in [-0.25, -0.2) is 0 Å². The molecule has 1 rings (SSSR count). The van der Waals surface area contributed by atoms with Crippen LogP contribution in [0.25, 0.3) is 0 Å². The Labute approximate surface area is 124 Å². The van der Waals surface area contributed by atoms with Crippen molar-refractivity contribution in [3.8, 4) is 30.0 Å². The third-order valence-corrected chi connectivity index (χ3v) is 2.22. The molecule has 0 heterocycles. The molecule has 0 aliphatic rings. The average Bonchev–Trinajstić information content (AvgIpc) is 2.30. The first kappa shape index (κ1) is 15.3. The van der Waals surface area contributed by atoms with E-state index in [0.717, 1.165) is 0 Å². The van der Waals surface area contributed by atoms with Crippen molar-refractivity contribution in [1.82, 2.24) is 0 Å². The van der Waals surface area contributed by atoms with Crippen LogP contribution in [0.1, 0.15) is 22.3 Å². The van der Waals surface area contributed by atoms with Crippen LogP contribution in [0.4, 0.5) is 0 Å². The molecule has 0 atom stereocenters. The van der Waals surface area contributed by atoms with Gasteiger partial charge in [0.2, 0.25) is 0 Å². The van der Waals surface area contributed by atoms with Crippen molar-refractivity contribution in [2.24, 2.45) is 0 Å². The molecule has 5 nitrogen and oxygen atoms in total. The van der Waals surface area contributed by atoms with Crippen LogP contribution < -0.4 is 34.7 Å². The van der Waals surface area contributed by atoms with Gasteiger partial charge in [0.25, 0.3) is 0 Å². The molecule has 0 bridgehead atoms. The summed E-state index contributed by atoms with van der Waals surface area (Å²) in [5.41, 5.74) is -1.76. The maximum absolute atomic E-state index is 11.5. The molecule has 0 amide bonds. The fourth-order valence-electron chi connectivity index (χ4n) is 1.12. The SMILES string of the molecule is N#Cc1c([O-])c(C#N)c(C#N)c(Cl)c1C#N.[Na+].